The monoisotopic (exact) mass is 245 g/mol. The molecule has 0 aliphatic heterocycles. The van der Waals surface area contributed by atoms with Crippen LogP contribution < -0.4 is 0 Å². The lowest BCUT2D eigenvalue weighted by atomic mass is 10.0. The standard InChI is InChI=1S/C16H11N3/c1-2-4-12-9-13(6-5-11(12)3-1)15-16-14(7-8-17-15)10-18-19-16/h1-10H,(H,18,19). The minimum Gasteiger partial charge on any atom is -0.276 e. The molecule has 0 atom stereocenters. The maximum Gasteiger partial charge on any atom is 0.0958 e. The molecule has 2 heterocycles. The van der Waals surface area contributed by atoms with Gasteiger partial charge in [0, 0.05) is 17.1 Å². The highest BCUT2D eigenvalue weighted by Gasteiger charge is 2.07. The second-order valence-corrected chi connectivity index (χ2v) is 4.56. The molecular weight excluding hydrogens is 234 g/mol. The summed E-state index contributed by atoms with van der Waals surface area (Å²) in [5.74, 6) is 0. The second kappa shape index (κ2) is 3.92. The van der Waals surface area contributed by atoms with E-state index in [4.69, 9.17) is 0 Å². The fraction of sp³-hybridized carbons (Fsp3) is 0. The van der Waals surface area contributed by atoms with Crippen LogP contribution in [0.25, 0.3) is 32.9 Å². The van der Waals surface area contributed by atoms with E-state index in [0.29, 0.717) is 0 Å². The first-order valence-electron chi connectivity index (χ1n) is 6.19. The van der Waals surface area contributed by atoms with Gasteiger partial charge in [-0.1, -0.05) is 36.4 Å². The Balaban J connectivity index is 2.01. The molecule has 0 fully saturated rings. The smallest absolute Gasteiger partial charge is 0.0958 e. The quantitative estimate of drug-likeness (QED) is 0.554. The zero-order valence-electron chi connectivity index (χ0n) is 10.2. The summed E-state index contributed by atoms with van der Waals surface area (Å²) in [5, 5.41) is 10.6. The van der Waals surface area contributed by atoms with E-state index in [0.717, 1.165) is 22.2 Å². The van der Waals surface area contributed by atoms with E-state index in [-0.39, 0.29) is 0 Å². The predicted octanol–water partition coefficient (Wildman–Crippen LogP) is 3.78. The van der Waals surface area contributed by atoms with E-state index < -0.39 is 0 Å². The zero-order chi connectivity index (χ0) is 12.7. The molecule has 0 amide bonds. The van der Waals surface area contributed by atoms with Crippen LogP contribution in [0.1, 0.15) is 0 Å². The second-order valence-electron chi connectivity index (χ2n) is 4.56. The van der Waals surface area contributed by atoms with Crippen molar-refractivity contribution >= 4 is 21.7 Å². The van der Waals surface area contributed by atoms with Crippen LogP contribution in [0.2, 0.25) is 0 Å². The Morgan fingerprint density at radius 3 is 2.68 bits per heavy atom. The van der Waals surface area contributed by atoms with Crippen molar-refractivity contribution in [2.75, 3.05) is 0 Å². The van der Waals surface area contributed by atoms with Crippen LogP contribution in [0, 0.1) is 0 Å². The fourth-order valence-electron chi connectivity index (χ4n) is 2.42. The van der Waals surface area contributed by atoms with E-state index in [9.17, 15) is 0 Å². The SMILES string of the molecule is c1ccc2cc(-c3nccc4cn[nH]c34)ccc2c1. The number of benzene rings is 2. The number of aromatic nitrogens is 3. The van der Waals surface area contributed by atoms with Gasteiger partial charge in [0.1, 0.15) is 0 Å². The Bertz CT molecular complexity index is 877. The first-order chi connectivity index (χ1) is 9.42. The molecule has 0 saturated carbocycles. The maximum atomic E-state index is 4.48. The number of rotatable bonds is 1. The van der Waals surface area contributed by atoms with Crippen molar-refractivity contribution in [3.8, 4) is 11.3 Å². The largest absolute Gasteiger partial charge is 0.276 e. The number of hydrogen-bond acceptors (Lipinski definition) is 2. The van der Waals surface area contributed by atoms with Gasteiger partial charge >= 0.3 is 0 Å². The van der Waals surface area contributed by atoms with Crippen LogP contribution in [0.15, 0.2) is 60.9 Å². The number of nitrogens with zero attached hydrogens (tertiary/aromatic N) is 2. The van der Waals surface area contributed by atoms with Gasteiger partial charge in [-0.3, -0.25) is 10.1 Å². The number of pyridine rings is 1. The first kappa shape index (κ1) is 10.3. The summed E-state index contributed by atoms with van der Waals surface area (Å²) in [7, 11) is 0. The zero-order valence-corrected chi connectivity index (χ0v) is 10.2. The van der Waals surface area contributed by atoms with Crippen molar-refractivity contribution in [3.05, 3.63) is 60.9 Å². The number of nitrogens with one attached hydrogen (secondary N) is 1. The third-order valence-corrected chi connectivity index (χ3v) is 3.39. The molecule has 4 rings (SSSR count). The van der Waals surface area contributed by atoms with Gasteiger partial charge in [-0.2, -0.15) is 5.10 Å². The third kappa shape index (κ3) is 1.59. The van der Waals surface area contributed by atoms with Crippen molar-refractivity contribution in [2.24, 2.45) is 0 Å². The Labute approximate surface area is 109 Å². The van der Waals surface area contributed by atoms with Gasteiger partial charge in [0.2, 0.25) is 0 Å². The first-order valence-corrected chi connectivity index (χ1v) is 6.19. The van der Waals surface area contributed by atoms with Crippen molar-refractivity contribution < 1.29 is 0 Å². The Kier molecular flexibility index (Phi) is 2.12. The van der Waals surface area contributed by atoms with Crippen molar-refractivity contribution in [2.45, 2.75) is 0 Å². The summed E-state index contributed by atoms with van der Waals surface area (Å²) in [6, 6.07) is 16.7. The minimum atomic E-state index is 0.945. The van der Waals surface area contributed by atoms with Gasteiger partial charge in [-0.15, -0.1) is 0 Å². The van der Waals surface area contributed by atoms with Crippen LogP contribution in [-0.4, -0.2) is 15.2 Å². The summed E-state index contributed by atoms with van der Waals surface area (Å²) >= 11 is 0. The summed E-state index contributed by atoms with van der Waals surface area (Å²) < 4.78 is 0. The van der Waals surface area contributed by atoms with E-state index in [1.54, 1.807) is 0 Å². The number of H-pyrrole nitrogens is 1. The van der Waals surface area contributed by atoms with Crippen LogP contribution >= 0.6 is 0 Å². The van der Waals surface area contributed by atoms with Crippen molar-refractivity contribution in [1.82, 2.24) is 15.2 Å². The fourth-order valence-corrected chi connectivity index (χ4v) is 2.42. The summed E-state index contributed by atoms with van der Waals surface area (Å²) in [6.45, 7) is 0. The molecule has 0 unspecified atom stereocenters. The van der Waals surface area contributed by atoms with Gasteiger partial charge in [-0.05, 0) is 22.9 Å². The molecule has 2 aromatic heterocycles. The van der Waals surface area contributed by atoms with E-state index in [1.807, 2.05) is 18.5 Å². The third-order valence-electron chi connectivity index (χ3n) is 3.39. The molecule has 0 spiro atoms. The van der Waals surface area contributed by atoms with E-state index in [1.165, 1.54) is 10.8 Å². The Morgan fingerprint density at radius 2 is 1.74 bits per heavy atom. The van der Waals surface area contributed by atoms with Crippen LogP contribution in [0.4, 0.5) is 0 Å². The average Bonchev–Trinajstić information content (AvgIpc) is 2.95. The number of aromatic amines is 1. The highest BCUT2D eigenvalue weighted by molar-refractivity contribution is 5.94. The molecule has 90 valence electrons. The highest BCUT2D eigenvalue weighted by Crippen LogP contribution is 2.27. The lowest BCUT2D eigenvalue weighted by molar-refractivity contribution is 1.12. The van der Waals surface area contributed by atoms with Gasteiger partial charge in [0.25, 0.3) is 0 Å². The summed E-state index contributed by atoms with van der Waals surface area (Å²) in [5.41, 5.74) is 3.03. The van der Waals surface area contributed by atoms with Crippen LogP contribution in [0.5, 0.6) is 0 Å². The molecule has 19 heavy (non-hydrogen) atoms. The molecule has 0 aliphatic carbocycles. The molecule has 4 aromatic rings. The highest BCUT2D eigenvalue weighted by atomic mass is 15.1. The normalized spacial score (nSPS) is 11.2. The molecule has 3 heteroatoms. The molecule has 0 radical (unpaired) electrons. The van der Waals surface area contributed by atoms with Crippen molar-refractivity contribution in [1.29, 1.82) is 0 Å². The molecule has 0 saturated heterocycles. The number of hydrogen-bond donors (Lipinski definition) is 1. The van der Waals surface area contributed by atoms with Gasteiger partial charge < -0.3 is 0 Å². The predicted molar refractivity (Wildman–Crippen MR) is 76.8 cm³/mol. The Morgan fingerprint density at radius 1 is 0.842 bits per heavy atom. The maximum absolute atomic E-state index is 4.48. The van der Waals surface area contributed by atoms with Crippen LogP contribution in [-0.2, 0) is 0 Å². The number of fused-ring (bicyclic) bond motifs is 2. The molecule has 0 bridgehead atoms. The Hall–Kier alpha value is -2.68. The summed E-state index contributed by atoms with van der Waals surface area (Å²) in [4.78, 5) is 4.48. The van der Waals surface area contributed by atoms with Gasteiger partial charge in [-0.25, -0.2) is 0 Å². The average molecular weight is 245 g/mol. The van der Waals surface area contributed by atoms with E-state index >= 15 is 0 Å². The molecule has 2 aromatic carbocycles. The van der Waals surface area contributed by atoms with Crippen molar-refractivity contribution in [3.63, 3.8) is 0 Å². The molecule has 1 N–H and O–H groups in total. The van der Waals surface area contributed by atoms with Gasteiger partial charge in [0.05, 0.1) is 17.4 Å². The van der Waals surface area contributed by atoms with Gasteiger partial charge in [0.15, 0.2) is 0 Å². The lowest BCUT2D eigenvalue weighted by Crippen LogP contribution is -1.85. The molecule has 3 nitrogen and oxygen atoms in total. The summed E-state index contributed by atoms with van der Waals surface area (Å²) in [6.07, 6.45) is 3.64. The topological polar surface area (TPSA) is 41.6 Å². The van der Waals surface area contributed by atoms with E-state index in [2.05, 4.69) is 57.6 Å². The van der Waals surface area contributed by atoms with Crippen LogP contribution in [0.3, 0.4) is 0 Å². The molecule has 0 aliphatic rings. The lowest BCUT2D eigenvalue weighted by Gasteiger charge is -2.04. The molecular formula is C16H11N3. The minimum absolute atomic E-state index is 0.945.